The van der Waals surface area contributed by atoms with E-state index in [1.165, 1.54) is 31.7 Å². The molecule has 0 radical (unpaired) electrons. The standard InChI is InChI=1S/C25H21F5N8O2/c1-31-23(39)19(6-17-11-33-12-35-17)37-24(40)20-7-21(34-9-13-2-3-16(26)5-18(13)27)38-22(36-20)14-4-15(10-32-8-14)25(28,29)30/h2-5,7-8,10-12,19H,6,9H2,1H3,(H,31,39)(H,33,35)(H,37,40)(H,34,36,38). The lowest BCUT2D eigenvalue weighted by Crippen LogP contribution is -2.47. The van der Waals surface area contributed by atoms with Crippen LogP contribution in [0, 0.1) is 11.6 Å². The Bertz CT molecular complexity index is 1510. The lowest BCUT2D eigenvalue weighted by molar-refractivity contribution is -0.137. The predicted molar refractivity (Wildman–Crippen MR) is 132 cm³/mol. The van der Waals surface area contributed by atoms with Crippen LogP contribution in [0.4, 0.5) is 27.8 Å². The van der Waals surface area contributed by atoms with E-state index in [1.807, 2.05) is 0 Å². The fourth-order valence-electron chi connectivity index (χ4n) is 3.58. The molecule has 208 valence electrons. The third kappa shape index (κ3) is 6.92. The number of likely N-dealkylation sites (N-methyl/N-ethyl adjacent to an activating group) is 1. The number of anilines is 1. The number of nitrogens with one attached hydrogen (secondary N) is 4. The number of pyridine rings is 1. The first-order valence-electron chi connectivity index (χ1n) is 11.6. The van der Waals surface area contributed by atoms with E-state index in [0.717, 1.165) is 18.3 Å². The Morgan fingerprint density at radius 2 is 1.82 bits per heavy atom. The van der Waals surface area contributed by atoms with Crippen molar-refractivity contribution in [1.29, 1.82) is 0 Å². The van der Waals surface area contributed by atoms with Gasteiger partial charge in [0.2, 0.25) is 5.91 Å². The molecule has 0 aliphatic rings. The molecule has 3 heterocycles. The second-order valence-corrected chi connectivity index (χ2v) is 8.43. The van der Waals surface area contributed by atoms with E-state index >= 15 is 0 Å². The summed E-state index contributed by atoms with van der Waals surface area (Å²) in [5.74, 6) is -3.33. The molecular weight excluding hydrogens is 539 g/mol. The summed E-state index contributed by atoms with van der Waals surface area (Å²) >= 11 is 0. The third-order valence-corrected chi connectivity index (χ3v) is 5.60. The van der Waals surface area contributed by atoms with E-state index in [-0.39, 0.29) is 41.4 Å². The van der Waals surface area contributed by atoms with Crippen molar-refractivity contribution >= 4 is 17.6 Å². The molecule has 2 amide bonds. The highest BCUT2D eigenvalue weighted by atomic mass is 19.4. The van der Waals surface area contributed by atoms with Gasteiger partial charge in [-0.3, -0.25) is 14.6 Å². The average molecular weight is 560 g/mol. The number of H-pyrrole nitrogens is 1. The molecule has 1 unspecified atom stereocenters. The molecule has 0 spiro atoms. The van der Waals surface area contributed by atoms with Gasteiger partial charge >= 0.3 is 6.18 Å². The smallest absolute Gasteiger partial charge is 0.366 e. The van der Waals surface area contributed by atoms with Crippen molar-refractivity contribution in [2.75, 3.05) is 12.4 Å². The number of carbonyl (C=O) groups excluding carboxylic acids is 2. The number of imidazole rings is 1. The molecule has 0 saturated carbocycles. The van der Waals surface area contributed by atoms with Gasteiger partial charge in [0.25, 0.3) is 5.91 Å². The van der Waals surface area contributed by atoms with Gasteiger partial charge in [-0.15, -0.1) is 0 Å². The van der Waals surface area contributed by atoms with Gasteiger partial charge in [0, 0.05) is 67.6 Å². The van der Waals surface area contributed by atoms with Crippen molar-refractivity contribution < 1.29 is 31.5 Å². The van der Waals surface area contributed by atoms with Crippen molar-refractivity contribution in [3.63, 3.8) is 0 Å². The Morgan fingerprint density at radius 1 is 1.02 bits per heavy atom. The van der Waals surface area contributed by atoms with Crippen LogP contribution < -0.4 is 16.0 Å². The summed E-state index contributed by atoms with van der Waals surface area (Å²) in [6.45, 7) is -0.203. The van der Waals surface area contributed by atoms with E-state index < -0.39 is 41.2 Å². The molecule has 0 saturated heterocycles. The SMILES string of the molecule is CNC(=O)C(Cc1cnc[nH]1)NC(=O)c1cc(NCc2ccc(F)cc2F)nc(-c2cncc(C(F)(F)F)c2)n1. The number of alkyl halides is 3. The first-order chi connectivity index (χ1) is 19.0. The van der Waals surface area contributed by atoms with Gasteiger partial charge in [0.15, 0.2) is 5.82 Å². The molecule has 40 heavy (non-hydrogen) atoms. The number of hydrogen-bond acceptors (Lipinski definition) is 7. The molecular formula is C25H21F5N8O2. The highest BCUT2D eigenvalue weighted by molar-refractivity contribution is 5.97. The van der Waals surface area contributed by atoms with Crippen molar-refractivity contribution in [3.05, 3.63) is 89.4 Å². The summed E-state index contributed by atoms with van der Waals surface area (Å²) in [7, 11) is 1.38. The summed E-state index contributed by atoms with van der Waals surface area (Å²) in [6, 6.07) is 3.83. The van der Waals surface area contributed by atoms with E-state index in [2.05, 4.69) is 40.9 Å². The molecule has 4 N–H and O–H groups in total. The van der Waals surface area contributed by atoms with E-state index in [0.29, 0.717) is 18.0 Å². The zero-order chi connectivity index (χ0) is 28.9. The summed E-state index contributed by atoms with van der Waals surface area (Å²) in [6.07, 6.45) is -0.0639. The number of aromatic amines is 1. The fraction of sp³-hybridized carbons (Fsp3) is 0.200. The van der Waals surface area contributed by atoms with Gasteiger partial charge < -0.3 is 20.9 Å². The predicted octanol–water partition coefficient (Wildman–Crippen LogP) is 3.26. The van der Waals surface area contributed by atoms with Crippen LogP contribution in [0.3, 0.4) is 0 Å². The number of benzene rings is 1. The maximum Gasteiger partial charge on any atom is 0.417 e. The second-order valence-electron chi connectivity index (χ2n) is 8.43. The molecule has 0 bridgehead atoms. The Labute approximate surface area is 223 Å². The van der Waals surface area contributed by atoms with Crippen LogP contribution in [0.1, 0.15) is 27.3 Å². The van der Waals surface area contributed by atoms with Crippen molar-refractivity contribution in [2.45, 2.75) is 25.2 Å². The highest BCUT2D eigenvalue weighted by Crippen LogP contribution is 2.31. The van der Waals surface area contributed by atoms with Gasteiger partial charge in [-0.1, -0.05) is 6.07 Å². The average Bonchev–Trinajstić information content (AvgIpc) is 3.44. The summed E-state index contributed by atoms with van der Waals surface area (Å²) in [5.41, 5.74) is -0.905. The maximum absolute atomic E-state index is 14.1. The minimum atomic E-state index is -4.70. The Hall–Kier alpha value is -4.95. The summed E-state index contributed by atoms with van der Waals surface area (Å²) in [4.78, 5) is 44.2. The molecule has 10 nitrogen and oxygen atoms in total. The Kier molecular flexibility index (Phi) is 8.31. The van der Waals surface area contributed by atoms with Crippen LogP contribution in [0.2, 0.25) is 0 Å². The molecule has 0 fully saturated rings. The van der Waals surface area contributed by atoms with E-state index in [4.69, 9.17) is 0 Å². The quantitative estimate of drug-likeness (QED) is 0.231. The maximum atomic E-state index is 14.1. The Morgan fingerprint density at radius 3 is 2.50 bits per heavy atom. The summed E-state index contributed by atoms with van der Waals surface area (Å²) < 4.78 is 67.3. The number of halogens is 5. The van der Waals surface area contributed by atoms with Crippen LogP contribution in [0.5, 0.6) is 0 Å². The normalized spacial score (nSPS) is 12.1. The minimum absolute atomic E-state index is 0.0514. The number of aromatic nitrogens is 5. The fourth-order valence-corrected chi connectivity index (χ4v) is 3.58. The zero-order valence-electron chi connectivity index (χ0n) is 20.7. The molecule has 0 aliphatic carbocycles. The molecule has 15 heteroatoms. The third-order valence-electron chi connectivity index (χ3n) is 5.60. The van der Waals surface area contributed by atoms with Crippen molar-refractivity contribution in [1.82, 2.24) is 35.6 Å². The van der Waals surface area contributed by atoms with Crippen LogP contribution in [-0.2, 0) is 23.9 Å². The highest BCUT2D eigenvalue weighted by Gasteiger charge is 2.31. The monoisotopic (exact) mass is 560 g/mol. The van der Waals surface area contributed by atoms with Gasteiger partial charge in [0.1, 0.15) is 29.2 Å². The molecule has 4 aromatic rings. The molecule has 3 aromatic heterocycles. The van der Waals surface area contributed by atoms with Gasteiger partial charge in [-0.25, -0.2) is 23.7 Å². The number of rotatable bonds is 9. The number of carbonyl (C=O) groups is 2. The first-order valence-corrected chi connectivity index (χ1v) is 11.6. The van der Waals surface area contributed by atoms with Crippen LogP contribution in [-0.4, -0.2) is 49.8 Å². The van der Waals surface area contributed by atoms with E-state index in [9.17, 15) is 31.5 Å². The zero-order valence-corrected chi connectivity index (χ0v) is 20.7. The lowest BCUT2D eigenvalue weighted by Gasteiger charge is -2.17. The van der Waals surface area contributed by atoms with Crippen LogP contribution in [0.15, 0.2) is 55.2 Å². The minimum Gasteiger partial charge on any atom is -0.366 e. The number of hydrogen-bond donors (Lipinski definition) is 4. The topological polar surface area (TPSA) is 138 Å². The van der Waals surface area contributed by atoms with Crippen LogP contribution >= 0.6 is 0 Å². The number of amides is 2. The van der Waals surface area contributed by atoms with Gasteiger partial charge in [0.05, 0.1) is 11.9 Å². The van der Waals surface area contributed by atoms with Crippen molar-refractivity contribution in [2.24, 2.45) is 0 Å². The van der Waals surface area contributed by atoms with Crippen LogP contribution in [0.25, 0.3) is 11.4 Å². The first kappa shape index (κ1) is 28.1. The van der Waals surface area contributed by atoms with Gasteiger partial charge in [-0.05, 0) is 12.1 Å². The molecule has 0 aliphatic heterocycles. The van der Waals surface area contributed by atoms with Gasteiger partial charge in [-0.2, -0.15) is 13.2 Å². The van der Waals surface area contributed by atoms with Crippen molar-refractivity contribution in [3.8, 4) is 11.4 Å². The number of nitrogens with zero attached hydrogens (tertiary/aromatic N) is 4. The van der Waals surface area contributed by atoms with E-state index in [1.54, 1.807) is 0 Å². The molecule has 4 rings (SSSR count). The second kappa shape index (κ2) is 11.8. The molecule has 1 aromatic carbocycles. The lowest BCUT2D eigenvalue weighted by atomic mass is 10.1. The molecule has 1 atom stereocenters. The summed E-state index contributed by atoms with van der Waals surface area (Å²) in [5, 5.41) is 7.75. The largest absolute Gasteiger partial charge is 0.417 e. The Balaban J connectivity index is 1.68.